The van der Waals surface area contributed by atoms with E-state index < -0.39 is 6.04 Å². The van der Waals surface area contributed by atoms with Crippen molar-refractivity contribution in [2.24, 2.45) is 0 Å². The molecule has 0 bridgehead atoms. The molecule has 0 heterocycles. The van der Waals surface area contributed by atoms with E-state index in [4.69, 9.17) is 27.9 Å². The summed E-state index contributed by atoms with van der Waals surface area (Å²) in [6.45, 7) is 1.78. The number of nitrogens with zero attached hydrogens (tertiary/aromatic N) is 1. The molecule has 1 aliphatic carbocycles. The number of carbonyl (C=O) groups excluding carboxylic acids is 2. The number of benzene rings is 2. The van der Waals surface area contributed by atoms with Crippen molar-refractivity contribution in [3.8, 4) is 5.75 Å². The van der Waals surface area contributed by atoms with E-state index in [1.54, 1.807) is 18.2 Å². The standard InChI is InChI=1S/C25H29Cl2FN2O3/c1-2-23(25(32)29-19-6-4-3-5-7-19)30(15-17-8-13-21(26)22(27)14-17)24(31)16-33-20-11-9-18(28)10-12-20/h8-14,19,23H,2-7,15-16H2,1H3,(H,29,32)/t23-/m1/s1. The fourth-order valence-electron chi connectivity index (χ4n) is 4.06. The minimum atomic E-state index is -0.661. The second kappa shape index (κ2) is 12.2. The van der Waals surface area contributed by atoms with Crippen LogP contribution in [0.1, 0.15) is 51.0 Å². The van der Waals surface area contributed by atoms with E-state index in [0.717, 1.165) is 31.2 Å². The van der Waals surface area contributed by atoms with Crippen molar-refractivity contribution >= 4 is 35.0 Å². The average molecular weight is 495 g/mol. The van der Waals surface area contributed by atoms with Crippen LogP contribution in [-0.2, 0) is 16.1 Å². The van der Waals surface area contributed by atoms with Gasteiger partial charge in [-0.05, 0) is 61.2 Å². The van der Waals surface area contributed by atoms with E-state index in [2.05, 4.69) is 5.32 Å². The van der Waals surface area contributed by atoms with Crippen LogP contribution in [0.4, 0.5) is 4.39 Å². The number of hydrogen-bond donors (Lipinski definition) is 1. The predicted octanol–water partition coefficient (Wildman–Crippen LogP) is 5.77. The van der Waals surface area contributed by atoms with Crippen LogP contribution in [0.25, 0.3) is 0 Å². The smallest absolute Gasteiger partial charge is 0.261 e. The van der Waals surface area contributed by atoms with Crippen LogP contribution in [0.2, 0.25) is 10.0 Å². The Morgan fingerprint density at radius 1 is 1.09 bits per heavy atom. The molecule has 33 heavy (non-hydrogen) atoms. The van der Waals surface area contributed by atoms with Crippen LogP contribution in [0.15, 0.2) is 42.5 Å². The highest BCUT2D eigenvalue weighted by atomic mass is 35.5. The molecule has 0 aliphatic heterocycles. The fraction of sp³-hybridized carbons (Fsp3) is 0.440. The van der Waals surface area contributed by atoms with Crippen LogP contribution in [0, 0.1) is 5.82 Å². The Labute approximate surface area is 204 Å². The van der Waals surface area contributed by atoms with Gasteiger partial charge in [0, 0.05) is 12.6 Å². The molecule has 0 saturated heterocycles. The van der Waals surface area contributed by atoms with Crippen molar-refractivity contribution in [1.82, 2.24) is 10.2 Å². The first-order chi connectivity index (χ1) is 15.9. The first-order valence-corrected chi connectivity index (χ1v) is 12.0. The molecule has 2 aromatic carbocycles. The number of nitrogens with one attached hydrogen (secondary N) is 1. The molecule has 1 atom stereocenters. The van der Waals surface area contributed by atoms with Crippen LogP contribution >= 0.6 is 23.2 Å². The highest BCUT2D eigenvalue weighted by molar-refractivity contribution is 6.42. The molecular weight excluding hydrogens is 466 g/mol. The van der Waals surface area contributed by atoms with E-state index >= 15 is 0 Å². The van der Waals surface area contributed by atoms with Crippen molar-refractivity contribution < 1.29 is 18.7 Å². The van der Waals surface area contributed by atoms with E-state index in [1.165, 1.54) is 35.6 Å². The third-order valence-corrected chi connectivity index (χ3v) is 6.59. The Balaban J connectivity index is 1.77. The van der Waals surface area contributed by atoms with Crippen LogP contribution in [0.3, 0.4) is 0 Å². The summed E-state index contributed by atoms with van der Waals surface area (Å²) in [6.07, 6.45) is 5.74. The maximum Gasteiger partial charge on any atom is 0.261 e. The highest BCUT2D eigenvalue weighted by Gasteiger charge is 2.30. The number of ether oxygens (including phenoxy) is 1. The summed E-state index contributed by atoms with van der Waals surface area (Å²) in [6, 6.07) is 10.1. The lowest BCUT2D eigenvalue weighted by atomic mass is 9.95. The second-order valence-electron chi connectivity index (χ2n) is 8.28. The second-order valence-corrected chi connectivity index (χ2v) is 9.09. The Hall–Kier alpha value is -2.31. The van der Waals surface area contributed by atoms with Crippen LogP contribution < -0.4 is 10.1 Å². The summed E-state index contributed by atoms with van der Waals surface area (Å²) in [5.74, 6) is -0.532. The average Bonchev–Trinajstić information content (AvgIpc) is 2.81. The molecule has 0 radical (unpaired) electrons. The molecule has 1 aliphatic rings. The molecule has 2 amide bonds. The Morgan fingerprint density at radius 2 is 1.79 bits per heavy atom. The lowest BCUT2D eigenvalue weighted by Crippen LogP contribution is -2.52. The SMILES string of the molecule is CC[C@H](C(=O)NC1CCCCC1)N(Cc1ccc(Cl)c(Cl)c1)C(=O)COc1ccc(F)cc1. The monoisotopic (exact) mass is 494 g/mol. The maximum absolute atomic E-state index is 13.2. The molecule has 1 saturated carbocycles. The van der Waals surface area contributed by atoms with Gasteiger partial charge in [0.25, 0.3) is 5.91 Å². The molecule has 0 unspecified atom stereocenters. The first-order valence-electron chi connectivity index (χ1n) is 11.3. The quantitative estimate of drug-likeness (QED) is 0.481. The highest BCUT2D eigenvalue weighted by Crippen LogP contribution is 2.24. The Bertz CT molecular complexity index is 949. The van der Waals surface area contributed by atoms with Gasteiger partial charge in [-0.15, -0.1) is 0 Å². The molecule has 1 N–H and O–H groups in total. The van der Waals surface area contributed by atoms with Crippen molar-refractivity contribution in [2.45, 2.75) is 64.1 Å². The van der Waals surface area contributed by atoms with Gasteiger partial charge in [0.15, 0.2) is 6.61 Å². The minimum Gasteiger partial charge on any atom is -0.484 e. The van der Waals surface area contributed by atoms with E-state index in [1.807, 2.05) is 6.92 Å². The zero-order valence-electron chi connectivity index (χ0n) is 18.7. The molecular formula is C25H29Cl2FN2O3. The molecule has 5 nitrogen and oxygen atoms in total. The van der Waals surface area contributed by atoms with Gasteiger partial charge >= 0.3 is 0 Å². The first kappa shape index (κ1) is 25.3. The molecule has 1 fully saturated rings. The third-order valence-electron chi connectivity index (χ3n) is 5.85. The van der Waals surface area contributed by atoms with Crippen molar-refractivity contribution in [2.75, 3.05) is 6.61 Å². The molecule has 0 spiro atoms. The number of halogens is 3. The summed E-state index contributed by atoms with van der Waals surface area (Å²) in [5.41, 5.74) is 0.753. The maximum atomic E-state index is 13.2. The topological polar surface area (TPSA) is 58.6 Å². The number of carbonyl (C=O) groups is 2. The Kier molecular flexibility index (Phi) is 9.39. The van der Waals surface area contributed by atoms with Gasteiger partial charge in [-0.25, -0.2) is 4.39 Å². The van der Waals surface area contributed by atoms with E-state index in [9.17, 15) is 14.0 Å². The largest absolute Gasteiger partial charge is 0.484 e. The number of amides is 2. The lowest BCUT2D eigenvalue weighted by Gasteiger charge is -2.32. The van der Waals surface area contributed by atoms with E-state index in [0.29, 0.717) is 22.2 Å². The summed E-state index contributed by atoms with van der Waals surface area (Å²) in [4.78, 5) is 27.9. The van der Waals surface area contributed by atoms with Crippen molar-refractivity contribution in [3.63, 3.8) is 0 Å². The summed E-state index contributed by atoms with van der Waals surface area (Å²) >= 11 is 12.2. The molecule has 3 rings (SSSR count). The zero-order valence-corrected chi connectivity index (χ0v) is 20.2. The van der Waals surface area contributed by atoms with Gasteiger partial charge in [-0.1, -0.05) is 55.5 Å². The summed E-state index contributed by atoms with van der Waals surface area (Å²) < 4.78 is 18.7. The van der Waals surface area contributed by atoms with Gasteiger partial charge in [-0.3, -0.25) is 9.59 Å². The normalized spacial score (nSPS) is 15.0. The zero-order chi connectivity index (χ0) is 23.8. The van der Waals surface area contributed by atoms with Crippen LogP contribution in [-0.4, -0.2) is 35.4 Å². The van der Waals surface area contributed by atoms with Gasteiger partial charge < -0.3 is 15.0 Å². The van der Waals surface area contributed by atoms with E-state index in [-0.39, 0.29) is 36.8 Å². The third kappa shape index (κ3) is 7.34. The summed E-state index contributed by atoms with van der Waals surface area (Å²) in [5, 5.41) is 3.92. The molecule has 178 valence electrons. The predicted molar refractivity (Wildman–Crippen MR) is 128 cm³/mol. The van der Waals surface area contributed by atoms with Gasteiger partial charge in [-0.2, -0.15) is 0 Å². The van der Waals surface area contributed by atoms with Crippen molar-refractivity contribution in [1.29, 1.82) is 0 Å². The molecule has 8 heteroatoms. The summed E-state index contributed by atoms with van der Waals surface area (Å²) in [7, 11) is 0. The van der Waals surface area contributed by atoms with Gasteiger partial charge in [0.2, 0.25) is 5.91 Å². The van der Waals surface area contributed by atoms with Crippen LogP contribution in [0.5, 0.6) is 5.75 Å². The van der Waals surface area contributed by atoms with Crippen molar-refractivity contribution in [3.05, 3.63) is 63.9 Å². The molecule has 2 aromatic rings. The fourth-order valence-corrected chi connectivity index (χ4v) is 4.38. The van der Waals surface area contributed by atoms with Gasteiger partial charge in [0.05, 0.1) is 10.0 Å². The number of rotatable bonds is 9. The Morgan fingerprint density at radius 3 is 2.42 bits per heavy atom. The van der Waals surface area contributed by atoms with Gasteiger partial charge in [0.1, 0.15) is 17.6 Å². The molecule has 0 aromatic heterocycles. The lowest BCUT2D eigenvalue weighted by molar-refractivity contribution is -0.143. The number of hydrogen-bond acceptors (Lipinski definition) is 3. The minimum absolute atomic E-state index is 0.137.